The lowest BCUT2D eigenvalue weighted by Crippen LogP contribution is -2.43. The number of ether oxygens (including phenoxy) is 2. The molecule has 3 aliphatic heterocycles. The summed E-state index contributed by atoms with van der Waals surface area (Å²) in [6.07, 6.45) is 9.86. The van der Waals surface area contributed by atoms with Crippen LogP contribution in [0, 0.1) is 6.92 Å². The van der Waals surface area contributed by atoms with Gasteiger partial charge >= 0.3 is 0 Å². The standard InChI is InChI=1S/C29H38N6O4S2/c1-20-24(18-33-10-6-23(7-11-33)34-8-4-5-9-34)26-27(40-20)25(31-29(32-26)35-12-14-39-15-13-35)21-16-22(19-41(3,36)37)28(38-2)30-17-21/h4-5,16-17,23H,6-15,18-19H2,1-3H3. The van der Waals surface area contributed by atoms with Crippen molar-refractivity contribution in [1.29, 1.82) is 0 Å². The summed E-state index contributed by atoms with van der Waals surface area (Å²) in [6.45, 7) is 10.1. The number of fused-ring (bicyclic) bond motifs is 1. The summed E-state index contributed by atoms with van der Waals surface area (Å²) in [5.41, 5.74) is 4.30. The summed E-state index contributed by atoms with van der Waals surface area (Å²) in [7, 11) is -1.78. The Morgan fingerprint density at radius 1 is 1.10 bits per heavy atom. The Kier molecular flexibility index (Phi) is 8.28. The van der Waals surface area contributed by atoms with Gasteiger partial charge in [-0.2, -0.15) is 0 Å². The van der Waals surface area contributed by atoms with Crippen molar-refractivity contribution >= 4 is 37.3 Å². The second-order valence-corrected chi connectivity index (χ2v) is 14.5. The predicted octanol–water partition coefficient (Wildman–Crippen LogP) is 3.29. The quantitative estimate of drug-likeness (QED) is 0.359. The maximum atomic E-state index is 12.2. The van der Waals surface area contributed by atoms with E-state index in [2.05, 4.69) is 38.8 Å². The number of rotatable bonds is 8. The number of sulfone groups is 1. The predicted molar refractivity (Wildman–Crippen MR) is 163 cm³/mol. The number of anilines is 1. The van der Waals surface area contributed by atoms with Crippen molar-refractivity contribution in [2.24, 2.45) is 0 Å². The lowest BCUT2D eigenvalue weighted by molar-refractivity contribution is 0.122. The lowest BCUT2D eigenvalue weighted by Gasteiger charge is -2.36. The molecule has 0 N–H and O–H groups in total. The topological polar surface area (TPSA) is 101 Å². The van der Waals surface area contributed by atoms with Crippen LogP contribution in [0.3, 0.4) is 0 Å². The number of aryl methyl sites for hydroxylation is 1. The number of pyridine rings is 1. The molecule has 6 rings (SSSR count). The van der Waals surface area contributed by atoms with Crippen LogP contribution in [0.4, 0.5) is 5.95 Å². The molecule has 10 nitrogen and oxygen atoms in total. The average Bonchev–Trinajstić information content (AvgIpc) is 3.61. The first kappa shape index (κ1) is 28.5. The fourth-order valence-electron chi connectivity index (χ4n) is 6.06. The Labute approximate surface area is 245 Å². The maximum absolute atomic E-state index is 12.2. The van der Waals surface area contributed by atoms with Gasteiger partial charge in [-0.25, -0.2) is 23.4 Å². The van der Waals surface area contributed by atoms with E-state index in [0.29, 0.717) is 36.6 Å². The van der Waals surface area contributed by atoms with Gasteiger partial charge in [0.05, 0.1) is 42.0 Å². The Bertz CT molecular complexity index is 1530. The minimum absolute atomic E-state index is 0.153. The summed E-state index contributed by atoms with van der Waals surface area (Å²) >= 11 is 1.71. The fraction of sp³-hybridized carbons (Fsp3) is 0.552. The largest absolute Gasteiger partial charge is 0.481 e. The first-order chi connectivity index (χ1) is 19.8. The summed E-state index contributed by atoms with van der Waals surface area (Å²) < 4.78 is 36.4. The van der Waals surface area contributed by atoms with Crippen LogP contribution in [0.2, 0.25) is 0 Å². The van der Waals surface area contributed by atoms with Gasteiger partial charge in [0.15, 0.2) is 9.84 Å². The van der Waals surface area contributed by atoms with Crippen LogP contribution >= 0.6 is 11.3 Å². The monoisotopic (exact) mass is 598 g/mol. The molecule has 6 heterocycles. The molecule has 2 saturated heterocycles. The minimum atomic E-state index is -3.29. The van der Waals surface area contributed by atoms with Gasteiger partial charge in [0.25, 0.3) is 0 Å². The number of likely N-dealkylation sites (tertiary alicyclic amines) is 1. The highest BCUT2D eigenvalue weighted by Gasteiger charge is 2.28. The van der Waals surface area contributed by atoms with Gasteiger partial charge in [0.2, 0.25) is 11.8 Å². The number of piperidine rings is 1. The van der Waals surface area contributed by atoms with E-state index in [9.17, 15) is 8.42 Å². The Morgan fingerprint density at radius 3 is 2.51 bits per heavy atom. The first-order valence-electron chi connectivity index (χ1n) is 14.2. The zero-order valence-electron chi connectivity index (χ0n) is 24.0. The van der Waals surface area contributed by atoms with Crippen LogP contribution in [-0.2, 0) is 26.9 Å². The second kappa shape index (κ2) is 11.9. The minimum Gasteiger partial charge on any atom is -0.481 e. The van der Waals surface area contributed by atoms with E-state index in [1.54, 1.807) is 17.5 Å². The molecule has 41 heavy (non-hydrogen) atoms. The van der Waals surface area contributed by atoms with Crippen molar-refractivity contribution in [2.45, 2.75) is 38.1 Å². The van der Waals surface area contributed by atoms with Crippen LogP contribution in [-0.4, -0.2) is 105 Å². The molecule has 0 atom stereocenters. The molecule has 3 aromatic heterocycles. The van der Waals surface area contributed by atoms with E-state index >= 15 is 0 Å². The van der Waals surface area contributed by atoms with Gasteiger partial charge in [0, 0.05) is 72.8 Å². The maximum Gasteiger partial charge on any atom is 0.226 e. The van der Waals surface area contributed by atoms with Gasteiger partial charge in [-0.1, -0.05) is 12.2 Å². The van der Waals surface area contributed by atoms with E-state index < -0.39 is 9.84 Å². The van der Waals surface area contributed by atoms with Crippen LogP contribution in [0.1, 0.15) is 28.8 Å². The Hall–Kier alpha value is -2.64. The number of morpholine rings is 1. The molecular formula is C29H38N6O4S2. The van der Waals surface area contributed by atoms with Crippen molar-refractivity contribution in [3.63, 3.8) is 0 Å². The molecule has 2 fully saturated rings. The van der Waals surface area contributed by atoms with Crippen molar-refractivity contribution in [2.75, 3.05) is 70.7 Å². The van der Waals surface area contributed by atoms with E-state index in [1.807, 2.05) is 6.07 Å². The number of nitrogens with zero attached hydrogens (tertiary/aromatic N) is 6. The van der Waals surface area contributed by atoms with Gasteiger partial charge in [-0.3, -0.25) is 9.80 Å². The molecule has 3 aliphatic rings. The number of thiophene rings is 1. The third-order valence-corrected chi connectivity index (χ3v) is 10.2. The first-order valence-corrected chi connectivity index (χ1v) is 17.1. The van der Waals surface area contributed by atoms with E-state index in [1.165, 1.54) is 36.6 Å². The van der Waals surface area contributed by atoms with E-state index in [4.69, 9.17) is 19.4 Å². The highest BCUT2D eigenvalue weighted by molar-refractivity contribution is 7.89. The molecule has 0 unspecified atom stereocenters. The molecule has 220 valence electrons. The molecule has 0 spiro atoms. The van der Waals surface area contributed by atoms with Crippen molar-refractivity contribution in [1.82, 2.24) is 24.8 Å². The van der Waals surface area contributed by atoms with Crippen LogP contribution < -0.4 is 9.64 Å². The van der Waals surface area contributed by atoms with Crippen molar-refractivity contribution < 1.29 is 17.9 Å². The number of aromatic nitrogens is 3. The van der Waals surface area contributed by atoms with Gasteiger partial charge in [-0.15, -0.1) is 11.3 Å². The third-order valence-electron chi connectivity index (χ3n) is 8.23. The van der Waals surface area contributed by atoms with E-state index in [-0.39, 0.29) is 5.75 Å². The fourth-order valence-corrected chi connectivity index (χ4v) is 7.95. The Morgan fingerprint density at radius 2 is 1.83 bits per heavy atom. The van der Waals surface area contributed by atoms with Crippen molar-refractivity contribution in [3.8, 4) is 17.1 Å². The van der Waals surface area contributed by atoms with Gasteiger partial charge in [-0.05, 0) is 38.9 Å². The smallest absolute Gasteiger partial charge is 0.226 e. The van der Waals surface area contributed by atoms with E-state index in [0.717, 1.165) is 67.3 Å². The average molecular weight is 599 g/mol. The van der Waals surface area contributed by atoms with Gasteiger partial charge in [0.1, 0.15) is 0 Å². The highest BCUT2D eigenvalue weighted by atomic mass is 32.2. The summed E-state index contributed by atoms with van der Waals surface area (Å²) in [6, 6.07) is 2.51. The SMILES string of the molecule is COc1ncc(-c2nc(N3CCOCC3)nc3c(CN4CCC(N5CC=CC5)CC4)c(C)sc23)cc1CS(C)(=O)=O. The molecule has 0 radical (unpaired) electrons. The summed E-state index contributed by atoms with van der Waals surface area (Å²) in [5.74, 6) is 0.837. The number of methoxy groups -OCH3 is 1. The van der Waals surface area contributed by atoms with Crippen LogP contribution in [0.25, 0.3) is 21.5 Å². The second-order valence-electron chi connectivity index (χ2n) is 11.2. The molecule has 0 saturated carbocycles. The normalized spacial score (nSPS) is 19.4. The Balaban J connectivity index is 1.37. The van der Waals surface area contributed by atoms with Gasteiger partial charge < -0.3 is 14.4 Å². The molecule has 0 amide bonds. The number of hydrogen-bond acceptors (Lipinski definition) is 11. The zero-order chi connectivity index (χ0) is 28.6. The summed E-state index contributed by atoms with van der Waals surface area (Å²) in [4.78, 5) is 23.2. The lowest BCUT2D eigenvalue weighted by atomic mass is 10.0. The van der Waals surface area contributed by atoms with Crippen molar-refractivity contribution in [3.05, 3.63) is 40.4 Å². The molecule has 12 heteroatoms. The molecular weight excluding hydrogens is 560 g/mol. The molecule has 0 aromatic carbocycles. The summed E-state index contributed by atoms with van der Waals surface area (Å²) in [5, 5.41) is 0. The molecule has 3 aromatic rings. The zero-order valence-corrected chi connectivity index (χ0v) is 25.6. The van der Waals surface area contributed by atoms with Crippen LogP contribution in [0.15, 0.2) is 24.4 Å². The molecule has 0 aliphatic carbocycles. The molecule has 0 bridgehead atoms. The van der Waals surface area contributed by atoms with Crippen LogP contribution in [0.5, 0.6) is 5.88 Å². The number of hydrogen-bond donors (Lipinski definition) is 0. The third kappa shape index (κ3) is 6.26. The highest BCUT2D eigenvalue weighted by Crippen LogP contribution is 2.39.